The zero-order valence-corrected chi connectivity index (χ0v) is 22.4. The fourth-order valence-electron chi connectivity index (χ4n) is 4.55. The largest absolute Gasteiger partial charge is 0.463 e. The highest BCUT2D eigenvalue weighted by Crippen LogP contribution is 2.33. The van der Waals surface area contributed by atoms with E-state index in [0.29, 0.717) is 39.5 Å². The van der Waals surface area contributed by atoms with Crippen molar-refractivity contribution in [2.24, 2.45) is 0 Å². The minimum atomic E-state index is -4.95. The second-order valence-electron chi connectivity index (χ2n) is 9.44. The number of carbonyl (C=O) groups is 1. The van der Waals surface area contributed by atoms with Crippen molar-refractivity contribution in [2.75, 3.05) is 0 Å². The Morgan fingerprint density at radius 1 is 0.953 bits per heavy atom. The maximum atomic E-state index is 13.3. The van der Waals surface area contributed by atoms with E-state index < -0.39 is 38.3 Å². The molecule has 0 saturated carbocycles. The number of amides is 1. The van der Waals surface area contributed by atoms with E-state index in [1.54, 1.807) is 36.4 Å². The van der Waals surface area contributed by atoms with Gasteiger partial charge < -0.3 is 9.73 Å². The molecule has 43 heavy (non-hydrogen) atoms. The van der Waals surface area contributed by atoms with E-state index in [4.69, 9.17) is 4.42 Å². The fraction of sp³-hybridized carbons (Fsp3) is 0.103. The first-order valence-corrected chi connectivity index (χ1v) is 14.0. The number of aromatic nitrogens is 3. The highest BCUT2D eigenvalue weighted by molar-refractivity contribution is 7.92. The van der Waals surface area contributed by atoms with Crippen molar-refractivity contribution >= 4 is 48.5 Å². The van der Waals surface area contributed by atoms with Crippen LogP contribution < -0.4 is 5.32 Å². The van der Waals surface area contributed by atoms with Gasteiger partial charge in [-0.25, -0.2) is 18.4 Å². The summed E-state index contributed by atoms with van der Waals surface area (Å²) in [5, 5.41) is 3.63. The Morgan fingerprint density at radius 2 is 1.74 bits per heavy atom. The van der Waals surface area contributed by atoms with Crippen LogP contribution in [0.2, 0.25) is 0 Å². The summed E-state index contributed by atoms with van der Waals surface area (Å²) in [6.07, 6.45) is -2.38. The summed E-state index contributed by atoms with van der Waals surface area (Å²) in [6.45, 7) is -0.0724. The molecule has 0 aliphatic heterocycles. The Labute approximate surface area is 239 Å². The zero-order valence-electron chi connectivity index (χ0n) is 21.6. The molecule has 2 aromatic carbocycles. The first kappa shape index (κ1) is 28.2. The molecular weight excluding hydrogens is 595 g/mol. The molecule has 0 fully saturated rings. The number of sulfone groups is 1. The van der Waals surface area contributed by atoms with Crippen LogP contribution in [-0.4, -0.2) is 35.0 Å². The van der Waals surface area contributed by atoms with Crippen molar-refractivity contribution in [3.05, 3.63) is 96.1 Å². The van der Waals surface area contributed by atoms with Crippen molar-refractivity contribution < 1.29 is 39.6 Å². The summed E-state index contributed by atoms with van der Waals surface area (Å²) in [4.78, 5) is 24.9. The van der Waals surface area contributed by atoms with Crippen molar-refractivity contribution in [1.29, 1.82) is 0 Å². The van der Waals surface area contributed by atoms with Crippen LogP contribution in [0.25, 0.3) is 44.0 Å². The third kappa shape index (κ3) is 5.25. The number of halogens is 5. The van der Waals surface area contributed by atoms with E-state index in [0.717, 1.165) is 12.1 Å². The summed E-state index contributed by atoms with van der Waals surface area (Å²) >= 11 is 0. The first-order chi connectivity index (χ1) is 20.4. The molecule has 4 heterocycles. The monoisotopic (exact) mass is 612 g/mol. The summed E-state index contributed by atoms with van der Waals surface area (Å²) in [5.41, 5.74) is 0.786. The fourth-order valence-corrected chi connectivity index (χ4v) is 5.39. The summed E-state index contributed by atoms with van der Waals surface area (Å²) in [6, 6.07) is 16.0. The lowest BCUT2D eigenvalue weighted by atomic mass is 10.0. The zero-order chi connectivity index (χ0) is 30.5. The summed E-state index contributed by atoms with van der Waals surface area (Å²) in [7, 11) is -4.95. The second-order valence-corrected chi connectivity index (χ2v) is 11.3. The normalized spacial score (nSPS) is 12.4. The highest BCUT2D eigenvalue weighted by Gasteiger charge is 2.33. The Hall–Kier alpha value is -4.98. The topological polar surface area (TPSA) is 115 Å². The first-order valence-electron chi connectivity index (χ1n) is 12.5. The number of alkyl halides is 5. The number of hydrogen-bond donors (Lipinski definition) is 1. The maximum absolute atomic E-state index is 13.3. The molecule has 6 rings (SSSR count). The van der Waals surface area contributed by atoms with Crippen LogP contribution in [0, 0.1) is 0 Å². The number of fused-ring (bicyclic) bond motifs is 3. The van der Waals surface area contributed by atoms with Crippen molar-refractivity contribution in [3.8, 4) is 11.3 Å². The van der Waals surface area contributed by atoms with Crippen LogP contribution in [0.5, 0.6) is 0 Å². The Kier molecular flexibility index (Phi) is 6.80. The average molecular weight is 613 g/mol. The Bertz CT molecular complexity index is 2160. The van der Waals surface area contributed by atoms with Crippen LogP contribution in [-0.2, 0) is 22.6 Å². The molecule has 0 radical (unpaired) electrons. The van der Waals surface area contributed by atoms with Gasteiger partial charge in [0.05, 0.1) is 29.0 Å². The lowest BCUT2D eigenvalue weighted by Crippen LogP contribution is -2.23. The lowest BCUT2D eigenvalue weighted by molar-refractivity contribution is -0.140. The van der Waals surface area contributed by atoms with Crippen molar-refractivity contribution in [1.82, 2.24) is 20.3 Å². The summed E-state index contributed by atoms with van der Waals surface area (Å²) in [5.74, 6) is -4.29. The number of hydrogen-bond acceptors (Lipinski definition) is 7. The van der Waals surface area contributed by atoms with Gasteiger partial charge in [-0.2, -0.15) is 22.0 Å². The predicted molar refractivity (Wildman–Crippen MR) is 146 cm³/mol. The van der Waals surface area contributed by atoms with Gasteiger partial charge in [0.15, 0.2) is 0 Å². The number of furan rings is 1. The van der Waals surface area contributed by atoms with Gasteiger partial charge in [0.25, 0.3) is 5.91 Å². The van der Waals surface area contributed by atoms with E-state index in [2.05, 4.69) is 20.3 Å². The maximum Gasteiger partial charge on any atom is 0.433 e. The molecule has 0 atom stereocenters. The van der Waals surface area contributed by atoms with Crippen LogP contribution in [0.15, 0.2) is 88.5 Å². The number of nitrogens with zero attached hydrogens (tertiary/aromatic N) is 3. The van der Waals surface area contributed by atoms with Gasteiger partial charge in [0.2, 0.25) is 9.84 Å². The average Bonchev–Trinajstić information content (AvgIpc) is 3.42. The standard InChI is InChI=1S/C29H17F5N4O4S/c30-28(31)43(40,41)24-14-42-23-8-5-16(10-20(23)24)27(39)36-13-18-11-22-17(12-35-18)4-7-21(37-22)19-3-1-2-15-6-9-25(29(32,33)34)38-26(15)19/h1-12,14,28H,13H2,(H,36,39). The Balaban J connectivity index is 1.27. The van der Waals surface area contributed by atoms with E-state index in [1.807, 2.05) is 0 Å². The number of para-hydroxylation sites is 1. The number of carbonyl (C=O) groups excluding carboxylic acids is 1. The van der Waals surface area contributed by atoms with Crippen molar-refractivity contribution in [2.45, 2.75) is 23.4 Å². The smallest absolute Gasteiger partial charge is 0.433 e. The quantitative estimate of drug-likeness (QED) is 0.213. The van der Waals surface area contributed by atoms with Gasteiger partial charge in [-0.3, -0.25) is 9.78 Å². The molecule has 1 N–H and O–H groups in total. The Morgan fingerprint density at radius 3 is 2.51 bits per heavy atom. The van der Waals surface area contributed by atoms with Gasteiger partial charge >= 0.3 is 11.9 Å². The molecule has 8 nitrogen and oxygen atoms in total. The molecule has 14 heteroatoms. The van der Waals surface area contributed by atoms with Crippen LogP contribution >= 0.6 is 0 Å². The molecule has 0 aliphatic carbocycles. The van der Waals surface area contributed by atoms with E-state index in [9.17, 15) is 35.2 Å². The number of rotatable bonds is 6. The molecule has 0 spiro atoms. The van der Waals surface area contributed by atoms with E-state index in [-0.39, 0.29) is 28.6 Å². The third-order valence-corrected chi connectivity index (χ3v) is 8.09. The molecule has 0 unspecified atom stereocenters. The predicted octanol–water partition coefficient (Wildman–Crippen LogP) is 6.54. The molecule has 218 valence electrons. The van der Waals surface area contributed by atoms with Gasteiger partial charge in [0, 0.05) is 33.5 Å². The van der Waals surface area contributed by atoms with Crippen LogP contribution in [0.4, 0.5) is 22.0 Å². The number of nitrogens with one attached hydrogen (secondary N) is 1. The van der Waals surface area contributed by atoms with Gasteiger partial charge in [0.1, 0.15) is 22.4 Å². The molecule has 0 bridgehead atoms. The minimum Gasteiger partial charge on any atom is -0.463 e. The van der Waals surface area contributed by atoms with Crippen LogP contribution in [0.1, 0.15) is 21.7 Å². The SMILES string of the molecule is O=C(NCc1cc2nc(-c3cccc4ccc(C(F)(F)F)nc34)ccc2cn1)c1ccc2occ(S(=O)(=O)C(F)F)c2c1. The number of pyridine rings is 3. The number of benzene rings is 2. The lowest BCUT2D eigenvalue weighted by Gasteiger charge is -2.11. The van der Waals surface area contributed by atoms with Crippen LogP contribution in [0.3, 0.4) is 0 Å². The molecular formula is C29H17F5N4O4S. The van der Waals surface area contributed by atoms with Gasteiger partial charge in [-0.15, -0.1) is 0 Å². The van der Waals surface area contributed by atoms with Crippen molar-refractivity contribution in [3.63, 3.8) is 0 Å². The van der Waals surface area contributed by atoms with Gasteiger partial charge in [-0.1, -0.05) is 24.3 Å². The highest BCUT2D eigenvalue weighted by atomic mass is 32.2. The van der Waals surface area contributed by atoms with Gasteiger partial charge in [-0.05, 0) is 42.5 Å². The molecule has 4 aromatic heterocycles. The molecule has 6 aromatic rings. The summed E-state index contributed by atoms with van der Waals surface area (Å²) < 4.78 is 95.1. The van der Waals surface area contributed by atoms with E-state index in [1.165, 1.54) is 24.4 Å². The third-order valence-electron chi connectivity index (χ3n) is 6.69. The minimum absolute atomic E-state index is 0.00231. The molecule has 0 saturated heterocycles. The molecule has 0 aliphatic rings. The second kappa shape index (κ2) is 10.4. The molecule has 1 amide bonds. The van der Waals surface area contributed by atoms with E-state index >= 15 is 0 Å².